The highest BCUT2D eigenvalue weighted by Gasteiger charge is 2.12. The molecule has 0 aliphatic carbocycles. The number of nitrogens with one attached hydrogen (secondary N) is 1. The number of rotatable bonds is 7. The maximum absolute atomic E-state index is 4.67. The van der Waals surface area contributed by atoms with Gasteiger partial charge in [0.25, 0.3) is 5.78 Å². The molecule has 0 bridgehead atoms. The molecule has 3 aromatic heterocycles. The Morgan fingerprint density at radius 2 is 1.67 bits per heavy atom. The molecule has 166 valence electrons. The minimum absolute atomic E-state index is 0.565. The monoisotopic (exact) mass is 519 g/mol. The molecule has 0 aliphatic rings. The van der Waals surface area contributed by atoms with E-state index in [4.69, 9.17) is 0 Å². The second-order valence-electron chi connectivity index (χ2n) is 7.81. The fraction of sp³-hybridized carbons (Fsp3) is 0.167. The lowest BCUT2D eigenvalue weighted by molar-refractivity contribution is 0.689. The minimum Gasteiger partial charge on any atom is -0.323 e. The Labute approximate surface area is 204 Å². The van der Waals surface area contributed by atoms with Gasteiger partial charge in [0.05, 0.1) is 6.54 Å². The average molecular weight is 520 g/mol. The summed E-state index contributed by atoms with van der Waals surface area (Å²) >= 11 is 5.06. The second kappa shape index (κ2) is 9.36. The molecule has 33 heavy (non-hydrogen) atoms. The van der Waals surface area contributed by atoms with Crippen LogP contribution in [-0.4, -0.2) is 29.4 Å². The van der Waals surface area contributed by atoms with Crippen LogP contribution in [-0.2, 0) is 12.3 Å². The first-order valence-corrected chi connectivity index (χ1v) is 12.3. The number of benzene rings is 2. The minimum atomic E-state index is 0.565. The molecule has 0 saturated heterocycles. The van der Waals surface area contributed by atoms with Crippen LogP contribution in [0.1, 0.15) is 22.4 Å². The van der Waals surface area contributed by atoms with Crippen LogP contribution in [0.3, 0.4) is 0 Å². The predicted molar refractivity (Wildman–Crippen MR) is 135 cm³/mol. The number of nitrogens with zero attached hydrogens (tertiary/aromatic N) is 6. The number of anilines is 2. The third-order valence-electron chi connectivity index (χ3n) is 5.06. The van der Waals surface area contributed by atoms with Gasteiger partial charge in [-0.3, -0.25) is 4.68 Å². The van der Waals surface area contributed by atoms with Gasteiger partial charge >= 0.3 is 0 Å². The van der Waals surface area contributed by atoms with Crippen LogP contribution in [0.4, 0.5) is 11.6 Å². The Bertz CT molecular complexity index is 1390. The zero-order valence-corrected chi connectivity index (χ0v) is 20.6. The van der Waals surface area contributed by atoms with E-state index >= 15 is 0 Å². The highest BCUT2D eigenvalue weighted by atomic mass is 79.9. The molecule has 3 heterocycles. The Balaban J connectivity index is 1.33. The highest BCUT2D eigenvalue weighted by Crippen LogP contribution is 2.23. The van der Waals surface area contributed by atoms with Crippen LogP contribution in [0.5, 0.6) is 0 Å². The van der Waals surface area contributed by atoms with Gasteiger partial charge in [-0.15, -0.1) is 5.10 Å². The van der Waals surface area contributed by atoms with Crippen molar-refractivity contribution in [3.8, 4) is 0 Å². The molecule has 0 amide bonds. The summed E-state index contributed by atoms with van der Waals surface area (Å²) in [5.74, 6) is 2.87. The SMILES string of the molecule is Cc1ccc(Cn2ccc(Nc3cc(C)nc4nc(SCc5ccc(Br)cc5)nn34)n2)cc1. The summed E-state index contributed by atoms with van der Waals surface area (Å²) < 4.78 is 4.72. The van der Waals surface area contributed by atoms with Crippen LogP contribution >= 0.6 is 27.7 Å². The highest BCUT2D eigenvalue weighted by molar-refractivity contribution is 9.10. The normalized spacial score (nSPS) is 11.2. The van der Waals surface area contributed by atoms with Gasteiger partial charge in [0.1, 0.15) is 5.82 Å². The molecule has 0 aliphatic heterocycles. The van der Waals surface area contributed by atoms with Crippen LogP contribution in [0.25, 0.3) is 5.78 Å². The smallest absolute Gasteiger partial charge is 0.255 e. The number of thioether (sulfide) groups is 1. The van der Waals surface area contributed by atoms with Gasteiger partial charge in [-0.2, -0.15) is 14.6 Å². The summed E-state index contributed by atoms with van der Waals surface area (Å²) in [4.78, 5) is 9.14. The first-order chi connectivity index (χ1) is 16.0. The predicted octanol–water partition coefficient (Wildman–Crippen LogP) is 5.78. The summed E-state index contributed by atoms with van der Waals surface area (Å²) in [7, 11) is 0. The Hall–Kier alpha value is -3.17. The van der Waals surface area contributed by atoms with Crippen LogP contribution < -0.4 is 5.32 Å². The molecule has 7 nitrogen and oxygen atoms in total. The van der Waals surface area contributed by atoms with Crippen molar-refractivity contribution in [2.24, 2.45) is 0 Å². The zero-order chi connectivity index (χ0) is 22.8. The molecule has 0 fully saturated rings. The van der Waals surface area contributed by atoms with Gasteiger partial charge in [0.2, 0.25) is 5.16 Å². The van der Waals surface area contributed by atoms with Crippen molar-refractivity contribution >= 4 is 45.1 Å². The molecular formula is C24H22BrN7S. The standard InChI is InChI=1S/C24H22BrN7S/c1-16-3-5-18(6-4-16)14-31-12-11-21(29-31)27-22-13-17(2)26-23-28-24(30-32(22)23)33-15-19-7-9-20(25)10-8-19/h3-13H,14-15H2,1-2H3,(H,27,29). The fourth-order valence-electron chi connectivity index (χ4n) is 3.38. The number of halogens is 1. The molecule has 0 atom stereocenters. The van der Waals surface area contributed by atoms with Crippen LogP contribution in [0.15, 0.2) is 76.5 Å². The molecule has 0 saturated carbocycles. The average Bonchev–Trinajstić information content (AvgIpc) is 3.41. The molecule has 5 rings (SSSR count). The van der Waals surface area contributed by atoms with Gasteiger partial charge < -0.3 is 5.32 Å². The molecule has 9 heteroatoms. The lowest BCUT2D eigenvalue weighted by Crippen LogP contribution is -2.05. The molecule has 5 aromatic rings. The van der Waals surface area contributed by atoms with Crippen molar-refractivity contribution in [2.75, 3.05) is 5.32 Å². The van der Waals surface area contributed by atoms with Crippen molar-refractivity contribution in [3.05, 3.63) is 93.7 Å². The van der Waals surface area contributed by atoms with E-state index in [9.17, 15) is 0 Å². The third kappa shape index (κ3) is 5.26. The summed E-state index contributed by atoms with van der Waals surface area (Å²) in [6.45, 7) is 4.75. The van der Waals surface area contributed by atoms with E-state index in [0.717, 1.165) is 27.6 Å². The summed E-state index contributed by atoms with van der Waals surface area (Å²) in [5.41, 5.74) is 4.53. The molecular weight excluding hydrogens is 498 g/mol. The zero-order valence-electron chi connectivity index (χ0n) is 18.2. The van der Waals surface area contributed by atoms with E-state index in [-0.39, 0.29) is 0 Å². The molecule has 0 unspecified atom stereocenters. The molecule has 1 N–H and O–H groups in total. The summed E-state index contributed by atoms with van der Waals surface area (Å²) in [6.07, 6.45) is 1.97. The maximum atomic E-state index is 4.67. The topological polar surface area (TPSA) is 72.9 Å². The third-order valence-corrected chi connectivity index (χ3v) is 6.50. The molecule has 2 aromatic carbocycles. The largest absolute Gasteiger partial charge is 0.323 e. The van der Waals surface area contributed by atoms with E-state index in [1.807, 2.05) is 42.1 Å². The van der Waals surface area contributed by atoms with Crippen molar-refractivity contribution in [3.63, 3.8) is 0 Å². The van der Waals surface area contributed by atoms with Crippen molar-refractivity contribution in [1.29, 1.82) is 0 Å². The van der Waals surface area contributed by atoms with Gasteiger partial charge in [-0.1, -0.05) is 69.7 Å². The summed E-state index contributed by atoms with van der Waals surface area (Å²) in [5, 5.41) is 13.4. The van der Waals surface area contributed by atoms with Crippen LogP contribution in [0.2, 0.25) is 0 Å². The van der Waals surface area contributed by atoms with E-state index < -0.39 is 0 Å². The number of aromatic nitrogens is 6. The maximum Gasteiger partial charge on any atom is 0.255 e. The Morgan fingerprint density at radius 1 is 0.909 bits per heavy atom. The lowest BCUT2D eigenvalue weighted by Gasteiger charge is -2.06. The van der Waals surface area contributed by atoms with Gasteiger partial charge in [-0.05, 0) is 37.1 Å². The first-order valence-electron chi connectivity index (χ1n) is 10.5. The van der Waals surface area contributed by atoms with Crippen molar-refractivity contribution < 1.29 is 0 Å². The quantitative estimate of drug-likeness (QED) is 0.274. The number of hydrogen-bond donors (Lipinski definition) is 1. The van der Waals surface area contributed by atoms with Gasteiger partial charge in [0, 0.05) is 34.2 Å². The van der Waals surface area contributed by atoms with Crippen molar-refractivity contribution in [1.82, 2.24) is 29.4 Å². The molecule has 0 spiro atoms. The number of fused-ring (bicyclic) bond motifs is 1. The van der Waals surface area contributed by atoms with E-state index in [2.05, 4.69) is 84.7 Å². The number of aryl methyl sites for hydroxylation is 2. The second-order valence-corrected chi connectivity index (χ2v) is 9.67. The molecule has 0 radical (unpaired) electrons. The van der Waals surface area contributed by atoms with Gasteiger partial charge in [-0.25, -0.2) is 4.98 Å². The fourth-order valence-corrected chi connectivity index (χ4v) is 4.41. The summed E-state index contributed by atoms with van der Waals surface area (Å²) in [6, 6.07) is 20.7. The van der Waals surface area contributed by atoms with Crippen LogP contribution in [0, 0.1) is 13.8 Å². The Morgan fingerprint density at radius 3 is 2.45 bits per heavy atom. The first kappa shape index (κ1) is 21.7. The Kier molecular flexibility index (Phi) is 6.15. The van der Waals surface area contributed by atoms with E-state index in [1.54, 1.807) is 16.3 Å². The van der Waals surface area contributed by atoms with E-state index in [0.29, 0.717) is 17.5 Å². The van der Waals surface area contributed by atoms with Crippen molar-refractivity contribution in [2.45, 2.75) is 31.3 Å². The number of hydrogen-bond acceptors (Lipinski definition) is 6. The van der Waals surface area contributed by atoms with Gasteiger partial charge in [0.15, 0.2) is 5.82 Å². The lowest BCUT2D eigenvalue weighted by atomic mass is 10.1. The van der Waals surface area contributed by atoms with E-state index in [1.165, 1.54) is 16.7 Å².